The lowest BCUT2D eigenvalue weighted by Crippen LogP contribution is -2.47. The van der Waals surface area contributed by atoms with Crippen molar-refractivity contribution in [2.45, 2.75) is 19.0 Å². The van der Waals surface area contributed by atoms with Crippen molar-refractivity contribution in [3.63, 3.8) is 0 Å². The van der Waals surface area contributed by atoms with Crippen LogP contribution < -0.4 is 4.90 Å². The number of piperidine rings is 1. The minimum atomic E-state index is -4.41. The van der Waals surface area contributed by atoms with Crippen LogP contribution in [0.3, 0.4) is 0 Å². The average molecular weight is 327 g/mol. The summed E-state index contributed by atoms with van der Waals surface area (Å²) in [5.41, 5.74) is 0. The van der Waals surface area contributed by atoms with Crippen LogP contribution in [-0.4, -0.2) is 48.1 Å². The molecule has 2 rings (SSSR count). The Labute approximate surface area is 133 Å². The fraction of sp³-hybridized carbons (Fsp3) is 0.500. The second-order valence-corrected chi connectivity index (χ2v) is 5.60. The summed E-state index contributed by atoms with van der Waals surface area (Å²) in [6.07, 6.45) is -0.0833. The summed E-state index contributed by atoms with van der Waals surface area (Å²) >= 11 is 0. The number of carbonyl (C=O) groups is 1. The summed E-state index contributed by atoms with van der Waals surface area (Å²) in [4.78, 5) is 19.5. The Balaban J connectivity index is 2.06. The molecule has 126 valence electrons. The number of amides is 1. The van der Waals surface area contributed by atoms with Crippen LogP contribution in [0.25, 0.3) is 0 Å². The van der Waals surface area contributed by atoms with Crippen molar-refractivity contribution >= 4 is 11.7 Å². The third-order valence-electron chi connectivity index (χ3n) is 3.78. The number of carbonyl (C=O) groups excluding carboxylic acids is 1. The molecular weight excluding hydrogens is 307 g/mol. The Morgan fingerprint density at radius 1 is 1.48 bits per heavy atom. The van der Waals surface area contributed by atoms with Gasteiger partial charge in [0.15, 0.2) is 0 Å². The highest BCUT2D eigenvalue weighted by Crippen LogP contribution is 2.24. The number of halogens is 3. The molecule has 1 aliphatic heterocycles. The molecule has 4 nitrogen and oxygen atoms in total. The van der Waals surface area contributed by atoms with Gasteiger partial charge in [0.25, 0.3) is 0 Å². The molecule has 0 saturated carbocycles. The van der Waals surface area contributed by atoms with Crippen molar-refractivity contribution in [2.24, 2.45) is 5.92 Å². The molecule has 0 N–H and O–H groups in total. The predicted octanol–water partition coefficient (Wildman–Crippen LogP) is 2.87. The molecule has 1 aliphatic rings. The van der Waals surface area contributed by atoms with E-state index in [1.54, 1.807) is 12.3 Å². The highest BCUT2D eigenvalue weighted by Gasteiger charge is 2.36. The lowest BCUT2D eigenvalue weighted by molar-refractivity contribution is -0.162. The van der Waals surface area contributed by atoms with E-state index < -0.39 is 24.5 Å². The minimum Gasteiger partial charge on any atom is -0.356 e. The zero-order valence-corrected chi connectivity index (χ0v) is 12.8. The highest BCUT2D eigenvalue weighted by atomic mass is 19.4. The fourth-order valence-electron chi connectivity index (χ4n) is 2.79. The minimum absolute atomic E-state index is 0.0988. The Morgan fingerprint density at radius 3 is 2.87 bits per heavy atom. The number of hydrogen-bond donors (Lipinski definition) is 0. The first-order chi connectivity index (χ1) is 10.9. The Hall–Kier alpha value is -2.05. The Morgan fingerprint density at radius 2 is 2.26 bits per heavy atom. The van der Waals surface area contributed by atoms with Gasteiger partial charge in [0.2, 0.25) is 5.91 Å². The number of alkyl halides is 3. The molecule has 0 aliphatic carbocycles. The van der Waals surface area contributed by atoms with E-state index in [1.807, 2.05) is 17.0 Å². The van der Waals surface area contributed by atoms with Crippen molar-refractivity contribution in [1.82, 2.24) is 9.88 Å². The van der Waals surface area contributed by atoms with Crippen molar-refractivity contribution < 1.29 is 18.0 Å². The number of anilines is 1. The normalized spacial score (nSPS) is 18.6. The van der Waals surface area contributed by atoms with Gasteiger partial charge in [-0.15, -0.1) is 6.58 Å². The number of hydrogen-bond acceptors (Lipinski definition) is 3. The molecule has 23 heavy (non-hydrogen) atoms. The first-order valence-electron chi connectivity index (χ1n) is 7.53. The van der Waals surface area contributed by atoms with E-state index in [0.717, 1.165) is 23.7 Å². The number of nitrogens with zero attached hydrogens (tertiary/aromatic N) is 3. The summed E-state index contributed by atoms with van der Waals surface area (Å²) in [6.45, 7) is 3.24. The first-order valence-corrected chi connectivity index (χ1v) is 7.53. The highest BCUT2D eigenvalue weighted by molar-refractivity contribution is 5.80. The van der Waals surface area contributed by atoms with Crippen LogP contribution in [0, 0.1) is 5.92 Å². The van der Waals surface area contributed by atoms with Crippen LogP contribution in [0.2, 0.25) is 0 Å². The predicted molar refractivity (Wildman–Crippen MR) is 82.0 cm³/mol. The molecule has 1 aromatic heterocycles. The van der Waals surface area contributed by atoms with Gasteiger partial charge < -0.3 is 9.80 Å². The smallest absolute Gasteiger partial charge is 0.356 e. The molecule has 1 saturated heterocycles. The van der Waals surface area contributed by atoms with Crippen molar-refractivity contribution in [3.05, 3.63) is 37.1 Å². The van der Waals surface area contributed by atoms with E-state index in [2.05, 4.69) is 11.6 Å². The van der Waals surface area contributed by atoms with Crippen molar-refractivity contribution in [2.75, 3.05) is 31.1 Å². The molecule has 1 fully saturated rings. The van der Waals surface area contributed by atoms with Gasteiger partial charge in [-0.05, 0) is 25.0 Å². The lowest BCUT2D eigenvalue weighted by atomic mass is 9.96. The zero-order valence-electron chi connectivity index (χ0n) is 12.8. The second kappa shape index (κ2) is 7.48. The molecule has 1 atom stereocenters. The third-order valence-corrected chi connectivity index (χ3v) is 3.78. The molecule has 1 amide bonds. The topological polar surface area (TPSA) is 36.4 Å². The first kappa shape index (κ1) is 17.3. The van der Waals surface area contributed by atoms with Crippen LogP contribution in [0.15, 0.2) is 37.1 Å². The maximum Gasteiger partial charge on any atom is 0.406 e. The quantitative estimate of drug-likeness (QED) is 0.780. The van der Waals surface area contributed by atoms with E-state index in [0.29, 0.717) is 13.0 Å². The standard InChI is InChI=1S/C16H20F3N3O/c1-2-9-22(12-16(17,18)19)15(23)13-6-5-10-21(11-13)14-7-3-4-8-20-14/h2-4,7-8,13H,1,5-6,9-12H2. The van der Waals surface area contributed by atoms with E-state index >= 15 is 0 Å². The van der Waals surface area contributed by atoms with Gasteiger partial charge in [-0.1, -0.05) is 12.1 Å². The van der Waals surface area contributed by atoms with Crippen LogP contribution in [-0.2, 0) is 4.79 Å². The molecule has 0 bridgehead atoms. The maximum atomic E-state index is 12.6. The van der Waals surface area contributed by atoms with Gasteiger partial charge in [0.1, 0.15) is 12.4 Å². The van der Waals surface area contributed by atoms with Crippen molar-refractivity contribution in [1.29, 1.82) is 0 Å². The summed E-state index contributed by atoms with van der Waals surface area (Å²) in [6, 6.07) is 5.48. The monoisotopic (exact) mass is 327 g/mol. The largest absolute Gasteiger partial charge is 0.406 e. The molecule has 1 aromatic rings. The third kappa shape index (κ3) is 4.97. The van der Waals surface area contributed by atoms with Crippen LogP contribution >= 0.6 is 0 Å². The molecule has 0 spiro atoms. The summed E-state index contributed by atoms with van der Waals surface area (Å²) in [5.74, 6) is -0.174. The van der Waals surface area contributed by atoms with E-state index in [1.165, 1.54) is 6.08 Å². The van der Waals surface area contributed by atoms with Crippen LogP contribution in [0.4, 0.5) is 19.0 Å². The van der Waals surface area contributed by atoms with Gasteiger partial charge in [-0.3, -0.25) is 4.79 Å². The van der Waals surface area contributed by atoms with Gasteiger partial charge in [-0.25, -0.2) is 4.98 Å². The maximum absolute atomic E-state index is 12.6. The van der Waals surface area contributed by atoms with Gasteiger partial charge >= 0.3 is 6.18 Å². The van der Waals surface area contributed by atoms with Gasteiger partial charge in [0.05, 0.1) is 5.92 Å². The second-order valence-electron chi connectivity index (χ2n) is 5.60. The molecule has 7 heteroatoms. The summed E-state index contributed by atoms with van der Waals surface area (Å²) in [5, 5.41) is 0. The van der Waals surface area contributed by atoms with Gasteiger partial charge in [0, 0.05) is 25.8 Å². The van der Waals surface area contributed by atoms with E-state index in [4.69, 9.17) is 0 Å². The molecular formula is C16H20F3N3O. The Kier molecular flexibility index (Phi) is 5.63. The Bertz CT molecular complexity index is 533. The number of aromatic nitrogens is 1. The van der Waals surface area contributed by atoms with Crippen LogP contribution in [0.1, 0.15) is 12.8 Å². The van der Waals surface area contributed by atoms with Crippen molar-refractivity contribution in [3.8, 4) is 0 Å². The summed E-state index contributed by atoms with van der Waals surface area (Å²) in [7, 11) is 0. The van der Waals surface area contributed by atoms with Gasteiger partial charge in [-0.2, -0.15) is 13.2 Å². The SMILES string of the molecule is C=CCN(CC(F)(F)F)C(=O)C1CCCN(c2ccccn2)C1. The number of pyridine rings is 1. The average Bonchev–Trinajstić information content (AvgIpc) is 2.53. The zero-order chi connectivity index (χ0) is 16.9. The number of rotatable bonds is 5. The molecule has 0 radical (unpaired) electrons. The summed E-state index contributed by atoms with van der Waals surface area (Å²) < 4.78 is 37.9. The molecule has 0 aromatic carbocycles. The van der Waals surface area contributed by atoms with Crippen LogP contribution in [0.5, 0.6) is 0 Å². The van der Waals surface area contributed by atoms with E-state index in [-0.39, 0.29) is 6.54 Å². The van der Waals surface area contributed by atoms with E-state index in [9.17, 15) is 18.0 Å². The molecule has 2 heterocycles. The fourth-order valence-corrected chi connectivity index (χ4v) is 2.79. The molecule has 1 unspecified atom stereocenters. The lowest BCUT2D eigenvalue weighted by Gasteiger charge is -2.35.